The van der Waals surface area contributed by atoms with Gasteiger partial charge in [-0.05, 0) is 50.7 Å². The van der Waals surface area contributed by atoms with Crippen molar-refractivity contribution in [3.63, 3.8) is 0 Å². The molecule has 168 valence electrons. The van der Waals surface area contributed by atoms with Crippen molar-refractivity contribution < 1.29 is 22.7 Å². The fraction of sp³-hybridized carbons (Fsp3) is 0.435. The summed E-state index contributed by atoms with van der Waals surface area (Å²) in [5.41, 5.74) is 1.48. The number of benzene rings is 2. The highest BCUT2D eigenvalue weighted by atomic mass is 19.4. The zero-order valence-corrected chi connectivity index (χ0v) is 18.1. The second kappa shape index (κ2) is 9.60. The number of nitrogens with zero attached hydrogens (tertiary/aromatic N) is 2. The highest BCUT2D eigenvalue weighted by Gasteiger charge is 2.35. The number of rotatable bonds is 6. The van der Waals surface area contributed by atoms with Gasteiger partial charge in [0.05, 0.1) is 24.3 Å². The lowest BCUT2D eigenvalue weighted by atomic mass is 10.1. The van der Waals surface area contributed by atoms with Crippen LogP contribution < -0.4 is 15.0 Å². The Kier molecular flexibility index (Phi) is 7.10. The van der Waals surface area contributed by atoms with Gasteiger partial charge in [-0.3, -0.25) is 4.79 Å². The van der Waals surface area contributed by atoms with E-state index in [-0.39, 0.29) is 18.7 Å². The first-order valence-electron chi connectivity index (χ1n) is 10.3. The van der Waals surface area contributed by atoms with E-state index in [9.17, 15) is 18.0 Å². The number of ether oxygens (including phenoxy) is 1. The molecule has 2 aromatic rings. The molecular weight excluding hydrogens is 407 g/mol. The summed E-state index contributed by atoms with van der Waals surface area (Å²) in [5.74, 6) is 0.133. The number of anilines is 2. The molecule has 0 aliphatic carbocycles. The number of carbonyl (C=O) groups is 1. The van der Waals surface area contributed by atoms with E-state index in [4.69, 9.17) is 4.74 Å². The zero-order chi connectivity index (χ0) is 22.6. The predicted octanol–water partition coefficient (Wildman–Crippen LogP) is 4.48. The van der Waals surface area contributed by atoms with Gasteiger partial charge in [0.25, 0.3) is 0 Å². The van der Waals surface area contributed by atoms with Crippen LogP contribution in [0.2, 0.25) is 0 Å². The summed E-state index contributed by atoms with van der Waals surface area (Å²) < 4.78 is 46.6. The summed E-state index contributed by atoms with van der Waals surface area (Å²) in [5, 5.41) is 2.40. The fourth-order valence-electron chi connectivity index (χ4n) is 3.56. The Labute approximate surface area is 180 Å². The number of likely N-dealkylation sites (N-methyl/N-ethyl adjacent to an activating group) is 1. The predicted molar refractivity (Wildman–Crippen MR) is 116 cm³/mol. The standard InChI is InChI=1S/C23H28F3N3O2/c1-16-4-7-21(17(2)14-16)31-13-8-22(30)27-20-6-5-18(15-19(20)23(24,25)26)29-11-9-28(3)10-12-29/h4-7,14-15H,8-13H2,1-3H3,(H,27,30). The van der Waals surface area contributed by atoms with Gasteiger partial charge < -0.3 is 19.9 Å². The van der Waals surface area contributed by atoms with Crippen molar-refractivity contribution in [2.45, 2.75) is 26.4 Å². The second-order valence-corrected chi connectivity index (χ2v) is 7.93. The minimum atomic E-state index is -4.57. The first-order chi connectivity index (χ1) is 14.6. The van der Waals surface area contributed by atoms with Crippen molar-refractivity contribution in [2.24, 2.45) is 0 Å². The number of aryl methyl sites for hydroxylation is 2. The van der Waals surface area contributed by atoms with Gasteiger partial charge in [0.1, 0.15) is 5.75 Å². The van der Waals surface area contributed by atoms with Crippen LogP contribution in [0.3, 0.4) is 0 Å². The smallest absolute Gasteiger partial charge is 0.418 e. The lowest BCUT2D eigenvalue weighted by Gasteiger charge is -2.34. The Balaban J connectivity index is 1.64. The third-order valence-electron chi connectivity index (χ3n) is 5.37. The number of hydrogen-bond donors (Lipinski definition) is 1. The van der Waals surface area contributed by atoms with Crippen molar-refractivity contribution in [1.29, 1.82) is 0 Å². The van der Waals surface area contributed by atoms with Gasteiger partial charge in [0.2, 0.25) is 5.91 Å². The molecule has 2 aromatic carbocycles. The number of alkyl halides is 3. The normalized spacial score (nSPS) is 15.1. The molecule has 1 amide bonds. The third kappa shape index (κ3) is 6.13. The molecule has 31 heavy (non-hydrogen) atoms. The van der Waals surface area contributed by atoms with Crippen LogP contribution in [0.4, 0.5) is 24.5 Å². The minimum Gasteiger partial charge on any atom is -0.493 e. The first kappa shape index (κ1) is 22.9. The van der Waals surface area contributed by atoms with E-state index in [0.717, 1.165) is 30.3 Å². The molecule has 1 fully saturated rings. The third-order valence-corrected chi connectivity index (χ3v) is 5.37. The monoisotopic (exact) mass is 435 g/mol. The molecule has 1 N–H and O–H groups in total. The average molecular weight is 435 g/mol. The van der Waals surface area contributed by atoms with Crippen LogP contribution in [0.25, 0.3) is 0 Å². The molecule has 8 heteroatoms. The molecule has 0 saturated carbocycles. The van der Waals surface area contributed by atoms with Crippen LogP contribution in [-0.2, 0) is 11.0 Å². The minimum absolute atomic E-state index is 0.0508. The molecule has 0 bridgehead atoms. The van der Waals surface area contributed by atoms with Gasteiger partial charge in [-0.2, -0.15) is 13.2 Å². The van der Waals surface area contributed by atoms with E-state index in [1.807, 2.05) is 44.0 Å². The van der Waals surface area contributed by atoms with Crippen molar-refractivity contribution >= 4 is 17.3 Å². The zero-order valence-electron chi connectivity index (χ0n) is 18.1. The summed E-state index contributed by atoms with van der Waals surface area (Å²) in [7, 11) is 1.99. The van der Waals surface area contributed by atoms with Gasteiger partial charge in [-0.1, -0.05) is 17.7 Å². The van der Waals surface area contributed by atoms with Crippen molar-refractivity contribution in [3.05, 3.63) is 53.1 Å². The Morgan fingerprint density at radius 2 is 1.77 bits per heavy atom. The van der Waals surface area contributed by atoms with E-state index < -0.39 is 17.6 Å². The van der Waals surface area contributed by atoms with Gasteiger partial charge in [-0.15, -0.1) is 0 Å². The number of amides is 1. The Hall–Kier alpha value is -2.74. The molecule has 1 aliphatic rings. The van der Waals surface area contributed by atoms with Crippen LogP contribution in [0.5, 0.6) is 5.75 Å². The molecule has 1 aliphatic heterocycles. The molecular formula is C23H28F3N3O2. The topological polar surface area (TPSA) is 44.8 Å². The van der Waals surface area contributed by atoms with Crippen LogP contribution in [0.1, 0.15) is 23.1 Å². The Morgan fingerprint density at radius 3 is 2.42 bits per heavy atom. The van der Waals surface area contributed by atoms with Crippen molar-refractivity contribution in [1.82, 2.24) is 4.90 Å². The molecule has 1 heterocycles. The van der Waals surface area contributed by atoms with Gasteiger partial charge in [-0.25, -0.2) is 0 Å². The van der Waals surface area contributed by atoms with E-state index in [2.05, 4.69) is 10.2 Å². The van der Waals surface area contributed by atoms with Crippen LogP contribution >= 0.6 is 0 Å². The molecule has 0 unspecified atom stereocenters. The quantitative estimate of drug-likeness (QED) is 0.727. The van der Waals surface area contributed by atoms with Crippen LogP contribution in [-0.4, -0.2) is 50.6 Å². The largest absolute Gasteiger partial charge is 0.493 e. The van der Waals surface area contributed by atoms with E-state index >= 15 is 0 Å². The molecule has 1 saturated heterocycles. The maximum atomic E-state index is 13.7. The molecule has 0 atom stereocenters. The first-order valence-corrected chi connectivity index (χ1v) is 10.3. The van der Waals surface area contributed by atoms with Crippen LogP contribution in [0.15, 0.2) is 36.4 Å². The van der Waals surface area contributed by atoms with Gasteiger partial charge in [0, 0.05) is 31.9 Å². The highest BCUT2D eigenvalue weighted by molar-refractivity contribution is 5.92. The molecule has 0 spiro atoms. The van der Waals surface area contributed by atoms with Gasteiger partial charge in [0.15, 0.2) is 0 Å². The Morgan fingerprint density at radius 1 is 1.06 bits per heavy atom. The summed E-state index contributed by atoms with van der Waals surface area (Å²) in [6, 6.07) is 9.77. The molecule has 0 aromatic heterocycles. The fourth-order valence-corrected chi connectivity index (χ4v) is 3.56. The van der Waals surface area contributed by atoms with Crippen molar-refractivity contribution in [2.75, 3.05) is 50.1 Å². The summed E-state index contributed by atoms with van der Waals surface area (Å²) in [6.45, 7) is 6.86. The maximum absolute atomic E-state index is 13.7. The molecule has 3 rings (SSSR count). The lowest BCUT2D eigenvalue weighted by molar-refractivity contribution is -0.136. The van der Waals surface area contributed by atoms with E-state index in [1.54, 1.807) is 6.07 Å². The summed E-state index contributed by atoms with van der Waals surface area (Å²) in [4.78, 5) is 16.3. The van der Waals surface area contributed by atoms with Crippen molar-refractivity contribution in [3.8, 4) is 5.75 Å². The lowest BCUT2D eigenvalue weighted by Crippen LogP contribution is -2.44. The number of halogens is 3. The number of carbonyl (C=O) groups excluding carboxylic acids is 1. The van der Waals surface area contributed by atoms with Gasteiger partial charge >= 0.3 is 6.18 Å². The molecule has 5 nitrogen and oxygen atoms in total. The number of hydrogen-bond acceptors (Lipinski definition) is 4. The Bertz CT molecular complexity index is 923. The average Bonchev–Trinajstić information content (AvgIpc) is 2.70. The van der Waals surface area contributed by atoms with Crippen LogP contribution in [0, 0.1) is 13.8 Å². The number of nitrogens with one attached hydrogen (secondary N) is 1. The summed E-state index contributed by atoms with van der Waals surface area (Å²) >= 11 is 0. The number of piperazine rings is 1. The van der Waals surface area contributed by atoms with E-state index in [1.165, 1.54) is 6.07 Å². The second-order valence-electron chi connectivity index (χ2n) is 7.93. The SMILES string of the molecule is Cc1ccc(OCCC(=O)Nc2ccc(N3CCN(C)CC3)cc2C(F)(F)F)c(C)c1. The van der Waals surface area contributed by atoms with E-state index in [0.29, 0.717) is 24.5 Å². The highest BCUT2D eigenvalue weighted by Crippen LogP contribution is 2.37. The summed E-state index contributed by atoms with van der Waals surface area (Å²) in [6.07, 6.45) is -4.62. The maximum Gasteiger partial charge on any atom is 0.418 e. The molecule has 0 radical (unpaired) electrons.